The average Bonchev–Trinajstić information content (AvgIpc) is 3.06. The van der Waals surface area contributed by atoms with Crippen LogP contribution in [0.5, 0.6) is 0 Å². The first kappa shape index (κ1) is 29.6. The van der Waals surface area contributed by atoms with E-state index >= 15 is 0 Å². The van der Waals surface area contributed by atoms with Gasteiger partial charge in [0.15, 0.2) is 0 Å². The lowest BCUT2D eigenvalue weighted by atomic mass is 9.96. The predicted molar refractivity (Wildman–Crippen MR) is 163 cm³/mol. The van der Waals surface area contributed by atoms with Gasteiger partial charge >= 0.3 is 5.97 Å². The van der Waals surface area contributed by atoms with Gasteiger partial charge in [-0.3, -0.25) is 19.5 Å². The summed E-state index contributed by atoms with van der Waals surface area (Å²) in [6.07, 6.45) is 3.33. The molecular formula is C34H34N4O5. The number of ether oxygens (including phenoxy) is 2. The van der Waals surface area contributed by atoms with Gasteiger partial charge in [0, 0.05) is 38.6 Å². The van der Waals surface area contributed by atoms with E-state index in [0.717, 1.165) is 11.1 Å². The molecule has 0 unspecified atom stereocenters. The number of rotatable bonds is 10. The van der Waals surface area contributed by atoms with Gasteiger partial charge in [-0.15, -0.1) is 0 Å². The van der Waals surface area contributed by atoms with E-state index in [4.69, 9.17) is 9.47 Å². The molecule has 1 fully saturated rings. The van der Waals surface area contributed by atoms with E-state index < -0.39 is 11.9 Å². The van der Waals surface area contributed by atoms with Gasteiger partial charge in [0.05, 0.1) is 24.4 Å². The zero-order valence-corrected chi connectivity index (χ0v) is 24.0. The van der Waals surface area contributed by atoms with Crippen LogP contribution in [0.15, 0.2) is 103 Å². The number of nitrogens with one attached hydrogen (secondary N) is 1. The summed E-state index contributed by atoms with van der Waals surface area (Å²) in [5.74, 6) is -1.23. The number of benzene rings is 3. The summed E-state index contributed by atoms with van der Waals surface area (Å²) in [5, 5.41) is 2.73. The zero-order chi connectivity index (χ0) is 30.0. The maximum absolute atomic E-state index is 12.9. The van der Waals surface area contributed by atoms with Gasteiger partial charge in [-0.05, 0) is 46.5 Å². The van der Waals surface area contributed by atoms with Crippen molar-refractivity contribution >= 4 is 23.5 Å². The summed E-state index contributed by atoms with van der Waals surface area (Å²) < 4.78 is 10.4. The van der Waals surface area contributed by atoms with Crippen LogP contribution in [0.4, 0.5) is 5.69 Å². The highest BCUT2D eigenvalue weighted by molar-refractivity contribution is 6.02. The number of carbonyl (C=O) groups is 3. The largest absolute Gasteiger partial charge is 0.465 e. The van der Waals surface area contributed by atoms with Crippen molar-refractivity contribution < 1.29 is 23.9 Å². The second kappa shape index (κ2) is 14.4. The molecule has 9 heteroatoms. The van der Waals surface area contributed by atoms with Crippen molar-refractivity contribution in [3.8, 4) is 11.1 Å². The molecule has 1 saturated heterocycles. The molecule has 43 heavy (non-hydrogen) atoms. The van der Waals surface area contributed by atoms with Gasteiger partial charge in [0.1, 0.15) is 13.2 Å². The Morgan fingerprint density at radius 3 is 2.02 bits per heavy atom. The Hall–Kier alpha value is -4.86. The number of amides is 2. The van der Waals surface area contributed by atoms with Gasteiger partial charge in [0.25, 0.3) is 0 Å². The van der Waals surface area contributed by atoms with Gasteiger partial charge in [-0.1, -0.05) is 66.7 Å². The topological polar surface area (TPSA) is 101 Å². The van der Waals surface area contributed by atoms with Crippen molar-refractivity contribution in [1.29, 1.82) is 0 Å². The summed E-state index contributed by atoms with van der Waals surface area (Å²) in [6.45, 7) is 2.00. The lowest BCUT2D eigenvalue weighted by Gasteiger charge is -2.39. The number of piperazine rings is 1. The zero-order valence-electron chi connectivity index (χ0n) is 24.0. The highest BCUT2D eigenvalue weighted by Crippen LogP contribution is 2.30. The van der Waals surface area contributed by atoms with Crippen LogP contribution in [0.2, 0.25) is 0 Å². The third-order valence-corrected chi connectivity index (χ3v) is 7.43. The van der Waals surface area contributed by atoms with E-state index in [0.29, 0.717) is 31.9 Å². The van der Waals surface area contributed by atoms with Crippen LogP contribution in [-0.4, -0.2) is 79.1 Å². The molecule has 0 atom stereocenters. The molecule has 4 aromatic rings. The summed E-state index contributed by atoms with van der Waals surface area (Å²) in [6, 6.07) is 29.6. The first-order chi connectivity index (χ1) is 21.0. The molecule has 2 heterocycles. The second-order valence-corrected chi connectivity index (χ2v) is 10.2. The van der Waals surface area contributed by atoms with Crippen molar-refractivity contribution in [3.05, 3.63) is 120 Å². The first-order valence-electron chi connectivity index (χ1n) is 14.2. The lowest BCUT2D eigenvalue weighted by molar-refractivity contribution is -0.139. The van der Waals surface area contributed by atoms with E-state index in [1.54, 1.807) is 35.5 Å². The van der Waals surface area contributed by atoms with Crippen LogP contribution in [-0.2, 0) is 19.1 Å². The number of hydrogen-bond donors (Lipinski definition) is 1. The van der Waals surface area contributed by atoms with Gasteiger partial charge < -0.3 is 19.7 Å². The maximum atomic E-state index is 12.9. The van der Waals surface area contributed by atoms with E-state index in [2.05, 4.69) is 39.5 Å². The van der Waals surface area contributed by atoms with Crippen molar-refractivity contribution in [1.82, 2.24) is 14.8 Å². The standard InChI is InChI=1S/C34H34N4O5/c1-42-34(41)29-13-12-28(25-14-16-35-17-15-25)22-30(29)36-31(39)23-43-24-32(40)37-18-20-38(21-19-37)33(26-8-4-2-5-9-26)27-10-6-3-7-11-27/h2-17,22,33H,18-21,23-24H2,1H3,(H,36,39). The number of aromatic nitrogens is 1. The number of hydrogen-bond acceptors (Lipinski definition) is 7. The fourth-order valence-corrected chi connectivity index (χ4v) is 5.28. The predicted octanol–water partition coefficient (Wildman–Crippen LogP) is 4.42. The molecule has 2 amide bonds. The summed E-state index contributed by atoms with van der Waals surface area (Å²) in [5.41, 5.74) is 4.61. The molecule has 5 rings (SSSR count). The maximum Gasteiger partial charge on any atom is 0.339 e. The van der Waals surface area contributed by atoms with Gasteiger partial charge in [-0.2, -0.15) is 0 Å². The fourth-order valence-electron chi connectivity index (χ4n) is 5.28. The quantitative estimate of drug-likeness (QED) is 0.278. The average molecular weight is 579 g/mol. The molecule has 0 radical (unpaired) electrons. The fraction of sp³-hybridized carbons (Fsp3) is 0.235. The molecular weight excluding hydrogens is 544 g/mol. The van der Waals surface area contributed by atoms with Crippen molar-refractivity contribution in [3.63, 3.8) is 0 Å². The van der Waals surface area contributed by atoms with Crippen LogP contribution in [0.25, 0.3) is 11.1 Å². The summed E-state index contributed by atoms with van der Waals surface area (Å²) in [4.78, 5) is 46.1. The monoisotopic (exact) mass is 578 g/mol. The molecule has 0 spiro atoms. The third-order valence-electron chi connectivity index (χ3n) is 7.43. The second-order valence-electron chi connectivity index (χ2n) is 10.2. The van der Waals surface area contributed by atoms with Crippen LogP contribution < -0.4 is 5.32 Å². The van der Waals surface area contributed by atoms with E-state index in [1.165, 1.54) is 18.2 Å². The minimum atomic E-state index is -0.575. The minimum absolute atomic E-state index is 0.103. The SMILES string of the molecule is COC(=O)c1ccc(-c2ccncc2)cc1NC(=O)COCC(=O)N1CCN(C(c2ccccc2)c2ccccc2)CC1. The van der Waals surface area contributed by atoms with Gasteiger partial charge in [-0.25, -0.2) is 4.79 Å². The molecule has 3 aromatic carbocycles. The number of esters is 1. The number of carbonyl (C=O) groups excluding carboxylic acids is 3. The molecule has 9 nitrogen and oxygen atoms in total. The Morgan fingerprint density at radius 2 is 1.42 bits per heavy atom. The summed E-state index contributed by atoms with van der Waals surface area (Å²) in [7, 11) is 1.28. The van der Waals surface area contributed by atoms with E-state index in [1.807, 2.05) is 48.5 Å². The Balaban J connectivity index is 1.15. The smallest absolute Gasteiger partial charge is 0.339 e. The van der Waals surface area contributed by atoms with Gasteiger partial charge in [0.2, 0.25) is 11.8 Å². The number of nitrogens with zero attached hydrogens (tertiary/aromatic N) is 3. The third kappa shape index (κ3) is 7.51. The first-order valence-corrected chi connectivity index (χ1v) is 14.2. The Labute approximate surface area is 251 Å². The van der Waals surface area contributed by atoms with Crippen LogP contribution in [0.3, 0.4) is 0 Å². The number of pyridine rings is 1. The van der Waals surface area contributed by atoms with E-state index in [9.17, 15) is 14.4 Å². The van der Waals surface area contributed by atoms with Crippen LogP contribution in [0, 0.1) is 0 Å². The molecule has 1 aliphatic heterocycles. The Kier molecular flexibility index (Phi) is 9.89. The number of methoxy groups -OCH3 is 1. The molecule has 0 aliphatic carbocycles. The highest BCUT2D eigenvalue weighted by Gasteiger charge is 2.28. The molecule has 1 aromatic heterocycles. The lowest BCUT2D eigenvalue weighted by Crippen LogP contribution is -2.50. The molecule has 0 saturated carbocycles. The molecule has 0 bridgehead atoms. The normalized spacial score (nSPS) is 13.5. The van der Waals surface area contributed by atoms with Crippen LogP contribution in [0.1, 0.15) is 27.5 Å². The van der Waals surface area contributed by atoms with Crippen molar-refractivity contribution in [2.75, 3.05) is 51.8 Å². The Bertz CT molecular complexity index is 1490. The van der Waals surface area contributed by atoms with Crippen molar-refractivity contribution in [2.24, 2.45) is 0 Å². The van der Waals surface area contributed by atoms with Crippen molar-refractivity contribution in [2.45, 2.75) is 6.04 Å². The number of anilines is 1. The highest BCUT2D eigenvalue weighted by atomic mass is 16.5. The Morgan fingerprint density at radius 1 is 0.791 bits per heavy atom. The molecule has 220 valence electrons. The molecule has 1 aliphatic rings. The van der Waals surface area contributed by atoms with Crippen LogP contribution >= 0.6 is 0 Å². The van der Waals surface area contributed by atoms with E-state index in [-0.39, 0.29) is 30.7 Å². The summed E-state index contributed by atoms with van der Waals surface area (Å²) >= 11 is 0. The minimum Gasteiger partial charge on any atom is -0.465 e. The molecule has 1 N–H and O–H groups in total.